The van der Waals surface area contributed by atoms with Gasteiger partial charge in [0.1, 0.15) is 0 Å². The first-order valence-electron chi connectivity index (χ1n) is 6.29. The maximum Gasteiger partial charge on any atom is 0.167 e. The van der Waals surface area contributed by atoms with Gasteiger partial charge in [-0.1, -0.05) is 0 Å². The number of nitrogens with zero attached hydrogens (tertiary/aromatic N) is 3. The maximum atomic E-state index is 13.4. The molecular weight excluding hydrogens is 231 g/mol. The van der Waals surface area contributed by atoms with Gasteiger partial charge in [-0.2, -0.15) is 0 Å². The van der Waals surface area contributed by atoms with Crippen molar-refractivity contribution >= 4 is 11.5 Å². The van der Waals surface area contributed by atoms with Crippen LogP contribution in [0.15, 0.2) is 12.3 Å². The van der Waals surface area contributed by atoms with Gasteiger partial charge in [0, 0.05) is 37.8 Å². The Hall–Kier alpha value is -1.36. The molecule has 0 saturated carbocycles. The molecule has 2 rings (SSSR count). The number of piperazine rings is 1. The standard InChI is InChI=1S/C13H21FN4/c1-13(2,3)18-6-4-17(5-7-18)10-8-11(14)12(15)16-9-10/h8-9H,4-7H2,1-3H3,(H2,15,16). The van der Waals surface area contributed by atoms with E-state index >= 15 is 0 Å². The molecule has 1 fully saturated rings. The highest BCUT2D eigenvalue weighted by molar-refractivity contribution is 5.49. The lowest BCUT2D eigenvalue weighted by atomic mass is 10.0. The molecule has 0 amide bonds. The third-order valence-corrected chi connectivity index (χ3v) is 3.45. The Bertz CT molecular complexity index is 419. The zero-order valence-corrected chi connectivity index (χ0v) is 11.3. The van der Waals surface area contributed by atoms with Gasteiger partial charge in [-0.3, -0.25) is 4.90 Å². The van der Waals surface area contributed by atoms with Crippen molar-refractivity contribution in [3.63, 3.8) is 0 Å². The molecule has 1 aromatic rings. The Kier molecular flexibility index (Phi) is 3.43. The van der Waals surface area contributed by atoms with Crippen molar-refractivity contribution < 1.29 is 4.39 Å². The monoisotopic (exact) mass is 252 g/mol. The van der Waals surface area contributed by atoms with E-state index in [4.69, 9.17) is 5.73 Å². The number of nitrogens with two attached hydrogens (primary N) is 1. The van der Waals surface area contributed by atoms with Crippen LogP contribution in [0, 0.1) is 5.82 Å². The predicted molar refractivity (Wildman–Crippen MR) is 72.1 cm³/mol. The van der Waals surface area contributed by atoms with Crippen molar-refractivity contribution in [1.29, 1.82) is 0 Å². The Morgan fingerprint density at radius 2 is 1.83 bits per heavy atom. The van der Waals surface area contributed by atoms with Gasteiger partial charge in [0.15, 0.2) is 11.6 Å². The summed E-state index contributed by atoms with van der Waals surface area (Å²) in [5, 5.41) is 0. The van der Waals surface area contributed by atoms with Crippen LogP contribution in [0.1, 0.15) is 20.8 Å². The zero-order valence-electron chi connectivity index (χ0n) is 11.3. The molecule has 2 heterocycles. The van der Waals surface area contributed by atoms with Crippen LogP contribution in [0.5, 0.6) is 0 Å². The molecule has 1 saturated heterocycles. The number of hydrogen-bond acceptors (Lipinski definition) is 4. The normalized spacial score (nSPS) is 18.1. The van der Waals surface area contributed by atoms with Crippen LogP contribution in [-0.4, -0.2) is 41.6 Å². The quantitative estimate of drug-likeness (QED) is 0.826. The number of aromatic nitrogens is 1. The first-order valence-corrected chi connectivity index (χ1v) is 6.29. The van der Waals surface area contributed by atoms with Crippen LogP contribution in [0.4, 0.5) is 15.9 Å². The van der Waals surface area contributed by atoms with Gasteiger partial charge in [0.2, 0.25) is 0 Å². The molecule has 0 unspecified atom stereocenters. The Labute approximate surface area is 108 Å². The molecule has 0 atom stereocenters. The van der Waals surface area contributed by atoms with Crippen molar-refractivity contribution in [2.24, 2.45) is 0 Å². The topological polar surface area (TPSA) is 45.4 Å². The fourth-order valence-corrected chi connectivity index (χ4v) is 2.25. The molecule has 0 aromatic carbocycles. The SMILES string of the molecule is CC(C)(C)N1CCN(c2cnc(N)c(F)c2)CC1. The zero-order chi connectivity index (χ0) is 13.3. The third kappa shape index (κ3) is 2.72. The summed E-state index contributed by atoms with van der Waals surface area (Å²) in [5.41, 5.74) is 6.39. The van der Waals surface area contributed by atoms with E-state index in [1.54, 1.807) is 6.20 Å². The molecule has 4 nitrogen and oxygen atoms in total. The summed E-state index contributed by atoms with van der Waals surface area (Å²) in [5.74, 6) is -0.474. The molecule has 100 valence electrons. The number of halogens is 1. The lowest BCUT2D eigenvalue weighted by Crippen LogP contribution is -2.53. The van der Waals surface area contributed by atoms with Crippen molar-refractivity contribution in [3.05, 3.63) is 18.1 Å². The van der Waals surface area contributed by atoms with Gasteiger partial charge in [-0.15, -0.1) is 0 Å². The summed E-state index contributed by atoms with van der Waals surface area (Å²) in [6.45, 7) is 10.4. The first kappa shape index (κ1) is 13.1. The van der Waals surface area contributed by atoms with Crippen LogP contribution < -0.4 is 10.6 Å². The van der Waals surface area contributed by atoms with E-state index in [9.17, 15) is 4.39 Å². The predicted octanol–water partition coefficient (Wildman–Crippen LogP) is 1.72. The third-order valence-electron chi connectivity index (χ3n) is 3.45. The molecule has 5 heteroatoms. The molecule has 0 radical (unpaired) electrons. The van der Waals surface area contributed by atoms with E-state index in [2.05, 4.69) is 35.6 Å². The lowest BCUT2D eigenvalue weighted by Gasteiger charge is -2.42. The first-order chi connectivity index (χ1) is 8.38. The highest BCUT2D eigenvalue weighted by Gasteiger charge is 2.26. The molecule has 1 aliphatic rings. The van der Waals surface area contributed by atoms with Crippen molar-refractivity contribution in [3.8, 4) is 0 Å². The minimum atomic E-state index is -0.439. The number of hydrogen-bond donors (Lipinski definition) is 1. The van der Waals surface area contributed by atoms with Crippen LogP contribution >= 0.6 is 0 Å². The van der Waals surface area contributed by atoms with E-state index < -0.39 is 5.82 Å². The van der Waals surface area contributed by atoms with Gasteiger partial charge in [-0.05, 0) is 20.8 Å². The van der Waals surface area contributed by atoms with Gasteiger partial charge < -0.3 is 10.6 Å². The Balaban J connectivity index is 2.03. The van der Waals surface area contributed by atoms with E-state index in [0.29, 0.717) is 0 Å². The van der Waals surface area contributed by atoms with Gasteiger partial charge in [-0.25, -0.2) is 9.37 Å². The van der Waals surface area contributed by atoms with Crippen molar-refractivity contribution in [2.75, 3.05) is 36.8 Å². The second-order valence-electron chi connectivity index (χ2n) is 5.71. The molecule has 0 spiro atoms. The Morgan fingerprint density at radius 1 is 1.22 bits per heavy atom. The number of anilines is 2. The molecular formula is C13H21FN4. The van der Waals surface area contributed by atoms with E-state index in [1.807, 2.05) is 0 Å². The van der Waals surface area contributed by atoms with Crippen LogP contribution in [0.25, 0.3) is 0 Å². The number of rotatable bonds is 1. The molecule has 1 aliphatic heterocycles. The second-order valence-corrected chi connectivity index (χ2v) is 5.71. The van der Waals surface area contributed by atoms with Gasteiger partial charge >= 0.3 is 0 Å². The number of pyridine rings is 1. The minimum Gasteiger partial charge on any atom is -0.381 e. The molecule has 2 N–H and O–H groups in total. The second kappa shape index (κ2) is 4.72. The van der Waals surface area contributed by atoms with E-state index in [1.165, 1.54) is 6.07 Å². The van der Waals surface area contributed by atoms with Crippen molar-refractivity contribution in [1.82, 2.24) is 9.88 Å². The minimum absolute atomic E-state index is 0.0351. The molecule has 18 heavy (non-hydrogen) atoms. The average molecular weight is 252 g/mol. The van der Waals surface area contributed by atoms with Crippen LogP contribution in [0.3, 0.4) is 0 Å². The highest BCUT2D eigenvalue weighted by Crippen LogP contribution is 2.21. The smallest absolute Gasteiger partial charge is 0.167 e. The van der Waals surface area contributed by atoms with Crippen LogP contribution in [0.2, 0.25) is 0 Å². The molecule has 0 bridgehead atoms. The summed E-state index contributed by atoms with van der Waals surface area (Å²) in [4.78, 5) is 8.45. The summed E-state index contributed by atoms with van der Waals surface area (Å²) < 4.78 is 13.4. The number of nitrogen functional groups attached to an aromatic ring is 1. The summed E-state index contributed by atoms with van der Waals surface area (Å²) in [7, 11) is 0. The maximum absolute atomic E-state index is 13.4. The average Bonchev–Trinajstić information content (AvgIpc) is 2.32. The highest BCUT2D eigenvalue weighted by atomic mass is 19.1. The van der Waals surface area contributed by atoms with E-state index in [-0.39, 0.29) is 11.4 Å². The Morgan fingerprint density at radius 3 is 2.33 bits per heavy atom. The van der Waals surface area contributed by atoms with Gasteiger partial charge in [0.25, 0.3) is 0 Å². The summed E-state index contributed by atoms with van der Waals surface area (Å²) in [6.07, 6.45) is 1.64. The summed E-state index contributed by atoms with van der Waals surface area (Å²) in [6, 6.07) is 1.47. The van der Waals surface area contributed by atoms with Crippen LogP contribution in [-0.2, 0) is 0 Å². The van der Waals surface area contributed by atoms with Crippen molar-refractivity contribution in [2.45, 2.75) is 26.3 Å². The van der Waals surface area contributed by atoms with Gasteiger partial charge in [0.05, 0.1) is 11.9 Å². The molecule has 1 aromatic heterocycles. The fraction of sp³-hybridized carbons (Fsp3) is 0.615. The summed E-state index contributed by atoms with van der Waals surface area (Å²) >= 11 is 0. The fourth-order valence-electron chi connectivity index (χ4n) is 2.25. The molecule has 0 aliphatic carbocycles. The largest absolute Gasteiger partial charge is 0.381 e. The lowest BCUT2D eigenvalue weighted by molar-refractivity contribution is 0.128. The van der Waals surface area contributed by atoms with E-state index in [0.717, 1.165) is 31.9 Å².